The zero-order valence-electron chi connectivity index (χ0n) is 19.6. The molecular weight excluding hydrogens is 456 g/mol. The van der Waals surface area contributed by atoms with Gasteiger partial charge in [0.25, 0.3) is 0 Å². The van der Waals surface area contributed by atoms with Crippen molar-refractivity contribution < 1.29 is 27.0 Å². The van der Waals surface area contributed by atoms with Crippen LogP contribution in [0.5, 0.6) is 5.75 Å². The molecule has 0 aromatic heterocycles. The van der Waals surface area contributed by atoms with Crippen molar-refractivity contribution in [1.82, 2.24) is 0 Å². The minimum Gasteiger partial charge on any atom is -0.486 e. The van der Waals surface area contributed by atoms with E-state index in [0.29, 0.717) is 29.2 Å². The highest BCUT2D eigenvalue weighted by molar-refractivity contribution is 5.65. The van der Waals surface area contributed by atoms with Crippen molar-refractivity contribution in [3.63, 3.8) is 0 Å². The molecule has 3 aromatic carbocycles. The molecule has 5 rings (SSSR count). The minimum absolute atomic E-state index is 0.0202. The lowest BCUT2D eigenvalue weighted by Crippen LogP contribution is -2.14. The average molecular weight is 485 g/mol. The lowest BCUT2D eigenvalue weighted by atomic mass is 9.77. The van der Waals surface area contributed by atoms with Crippen LogP contribution in [0.15, 0.2) is 48.5 Å². The number of hydrogen-bond donors (Lipinski definition) is 0. The summed E-state index contributed by atoms with van der Waals surface area (Å²) < 4.78 is 69.1. The SMILES string of the molecule is CCC1CCC(c2ccc(OCc3ccc(-c4ccc(C5CO5)c(F)c4F)cc3)c(F)c2F)CC1. The predicted octanol–water partition coefficient (Wildman–Crippen LogP) is 8.24. The quantitative estimate of drug-likeness (QED) is 0.249. The van der Waals surface area contributed by atoms with E-state index in [4.69, 9.17) is 9.47 Å². The van der Waals surface area contributed by atoms with E-state index in [1.54, 1.807) is 36.4 Å². The van der Waals surface area contributed by atoms with Crippen LogP contribution < -0.4 is 4.74 Å². The fourth-order valence-corrected chi connectivity index (χ4v) is 5.06. The van der Waals surface area contributed by atoms with Crippen molar-refractivity contribution in [3.8, 4) is 16.9 Å². The van der Waals surface area contributed by atoms with Gasteiger partial charge in [-0.1, -0.05) is 55.8 Å². The van der Waals surface area contributed by atoms with Crippen molar-refractivity contribution in [2.24, 2.45) is 5.92 Å². The lowest BCUT2D eigenvalue weighted by Gasteiger charge is -2.28. The fraction of sp³-hybridized carbons (Fsp3) is 0.379. The van der Waals surface area contributed by atoms with Gasteiger partial charge < -0.3 is 9.47 Å². The third-order valence-corrected chi connectivity index (χ3v) is 7.39. The molecule has 0 radical (unpaired) electrons. The molecule has 1 aliphatic heterocycles. The molecule has 2 aliphatic rings. The van der Waals surface area contributed by atoms with Crippen LogP contribution in [0, 0.1) is 29.2 Å². The van der Waals surface area contributed by atoms with Gasteiger partial charge in [-0.05, 0) is 60.3 Å². The zero-order chi connectivity index (χ0) is 24.5. The Hall–Kier alpha value is -2.86. The second-order valence-corrected chi connectivity index (χ2v) is 9.54. The molecule has 1 atom stereocenters. The third kappa shape index (κ3) is 4.94. The van der Waals surface area contributed by atoms with Gasteiger partial charge in [-0.25, -0.2) is 13.2 Å². The highest BCUT2D eigenvalue weighted by Gasteiger charge is 2.30. The number of halogens is 4. The van der Waals surface area contributed by atoms with Gasteiger partial charge in [-0.2, -0.15) is 4.39 Å². The van der Waals surface area contributed by atoms with E-state index in [-0.39, 0.29) is 35.5 Å². The Balaban J connectivity index is 1.25. The maximum Gasteiger partial charge on any atom is 0.200 e. The van der Waals surface area contributed by atoms with Crippen LogP contribution in [-0.2, 0) is 11.3 Å². The van der Waals surface area contributed by atoms with Gasteiger partial charge in [0.1, 0.15) is 12.7 Å². The maximum absolute atomic E-state index is 14.8. The van der Waals surface area contributed by atoms with Gasteiger partial charge >= 0.3 is 0 Å². The summed E-state index contributed by atoms with van der Waals surface area (Å²) in [6.07, 6.45) is 4.61. The van der Waals surface area contributed by atoms with Gasteiger partial charge in [-0.3, -0.25) is 0 Å². The normalized spacial score (nSPS) is 21.7. The van der Waals surface area contributed by atoms with Gasteiger partial charge in [0.15, 0.2) is 23.2 Å². The van der Waals surface area contributed by atoms with Crippen LogP contribution in [0.25, 0.3) is 11.1 Å². The van der Waals surface area contributed by atoms with Crippen molar-refractivity contribution in [2.75, 3.05) is 6.61 Å². The Bertz CT molecular complexity index is 1200. The number of ether oxygens (including phenoxy) is 2. The molecule has 2 nitrogen and oxygen atoms in total. The van der Waals surface area contributed by atoms with E-state index in [1.807, 2.05) is 0 Å². The van der Waals surface area contributed by atoms with Gasteiger partial charge in [-0.15, -0.1) is 0 Å². The molecule has 184 valence electrons. The fourth-order valence-electron chi connectivity index (χ4n) is 5.06. The second-order valence-electron chi connectivity index (χ2n) is 9.54. The van der Waals surface area contributed by atoms with Crippen LogP contribution in [0.2, 0.25) is 0 Å². The molecule has 1 saturated carbocycles. The molecule has 6 heteroatoms. The molecule has 3 aromatic rings. The summed E-state index contributed by atoms with van der Waals surface area (Å²) in [5.41, 5.74) is 2.01. The second kappa shape index (κ2) is 10.0. The largest absolute Gasteiger partial charge is 0.486 e. The van der Waals surface area contributed by atoms with E-state index in [2.05, 4.69) is 6.92 Å². The number of benzene rings is 3. The monoisotopic (exact) mass is 484 g/mol. The molecular formula is C29H28F4O2. The first-order valence-electron chi connectivity index (χ1n) is 12.3. The molecule has 0 bridgehead atoms. The third-order valence-electron chi connectivity index (χ3n) is 7.39. The summed E-state index contributed by atoms with van der Waals surface area (Å²) in [7, 11) is 0. The molecule has 2 fully saturated rings. The Morgan fingerprint density at radius 3 is 2.09 bits per heavy atom. The highest BCUT2D eigenvalue weighted by atomic mass is 19.2. The Labute approximate surface area is 202 Å². The van der Waals surface area contributed by atoms with E-state index in [1.165, 1.54) is 12.1 Å². The Morgan fingerprint density at radius 2 is 1.43 bits per heavy atom. The number of rotatable bonds is 7. The van der Waals surface area contributed by atoms with Crippen LogP contribution in [0.1, 0.15) is 67.7 Å². The first kappa shape index (κ1) is 23.9. The molecule has 0 amide bonds. The molecule has 1 aliphatic carbocycles. The van der Waals surface area contributed by atoms with Crippen LogP contribution in [0.4, 0.5) is 17.6 Å². The van der Waals surface area contributed by atoms with Crippen LogP contribution in [0.3, 0.4) is 0 Å². The summed E-state index contributed by atoms with van der Waals surface area (Å²) >= 11 is 0. The van der Waals surface area contributed by atoms with Gasteiger partial charge in [0, 0.05) is 11.1 Å². The van der Waals surface area contributed by atoms with Crippen molar-refractivity contribution in [1.29, 1.82) is 0 Å². The zero-order valence-corrected chi connectivity index (χ0v) is 19.6. The molecule has 1 saturated heterocycles. The number of epoxide rings is 1. The van der Waals surface area contributed by atoms with Crippen molar-refractivity contribution >= 4 is 0 Å². The molecule has 1 heterocycles. The topological polar surface area (TPSA) is 21.8 Å². The summed E-state index contributed by atoms with van der Waals surface area (Å²) in [4.78, 5) is 0. The summed E-state index contributed by atoms with van der Waals surface area (Å²) in [5, 5.41) is 0. The molecule has 1 unspecified atom stereocenters. The van der Waals surface area contributed by atoms with Crippen LogP contribution in [-0.4, -0.2) is 6.61 Å². The van der Waals surface area contributed by atoms with Crippen molar-refractivity contribution in [2.45, 2.75) is 57.7 Å². The number of hydrogen-bond acceptors (Lipinski definition) is 2. The Morgan fingerprint density at radius 1 is 0.771 bits per heavy atom. The van der Waals surface area contributed by atoms with E-state index >= 15 is 0 Å². The molecule has 0 spiro atoms. The summed E-state index contributed by atoms with van der Waals surface area (Å²) in [5.74, 6) is -3.00. The summed E-state index contributed by atoms with van der Waals surface area (Å²) in [6, 6.07) is 12.9. The van der Waals surface area contributed by atoms with E-state index in [0.717, 1.165) is 32.1 Å². The maximum atomic E-state index is 14.8. The first-order valence-corrected chi connectivity index (χ1v) is 12.3. The highest BCUT2D eigenvalue weighted by Crippen LogP contribution is 2.40. The predicted molar refractivity (Wildman–Crippen MR) is 126 cm³/mol. The molecule has 0 N–H and O–H groups in total. The van der Waals surface area contributed by atoms with Gasteiger partial charge in [0.2, 0.25) is 5.82 Å². The van der Waals surface area contributed by atoms with Crippen molar-refractivity contribution in [3.05, 3.63) is 88.5 Å². The van der Waals surface area contributed by atoms with E-state index in [9.17, 15) is 17.6 Å². The average Bonchev–Trinajstić information content (AvgIpc) is 3.72. The smallest absolute Gasteiger partial charge is 0.200 e. The van der Waals surface area contributed by atoms with E-state index < -0.39 is 23.3 Å². The first-order chi connectivity index (χ1) is 17.0. The lowest BCUT2D eigenvalue weighted by molar-refractivity contribution is 0.280. The van der Waals surface area contributed by atoms with Crippen LogP contribution >= 0.6 is 0 Å². The standard InChI is InChI=1S/C29H28F4O2/c1-2-17-3-7-19(8-4-17)22-13-14-24(29(33)27(22)31)34-15-18-5-9-20(10-6-18)21-11-12-23(25-16-35-25)28(32)26(21)30/h5-6,9-14,17,19,25H,2-4,7-8,15-16H2,1H3. The Kier molecular flexibility index (Phi) is 6.83. The molecule has 35 heavy (non-hydrogen) atoms. The summed E-state index contributed by atoms with van der Waals surface area (Å²) in [6.45, 7) is 2.59. The van der Waals surface area contributed by atoms with Gasteiger partial charge in [0.05, 0.1) is 6.61 Å². The minimum atomic E-state index is -0.964.